The average Bonchev–Trinajstić information content (AvgIpc) is 2.70. The highest BCUT2D eigenvalue weighted by Crippen LogP contribution is 2.22. The molecule has 0 radical (unpaired) electrons. The number of sulfonamides is 1. The van der Waals surface area contributed by atoms with Gasteiger partial charge in [0.1, 0.15) is 22.3 Å². The van der Waals surface area contributed by atoms with E-state index in [1.54, 1.807) is 31.2 Å². The molecule has 2 aromatic carbocycles. The standard InChI is InChI=1S/C19H20F2N2O4S/c1-14(27-16-5-3-2-4-6-16)19(24)22-9-11-23(12-10-22)28(25,26)18-13-15(20)7-8-17(18)21/h2-8,13-14H,9-12H2,1H3. The van der Waals surface area contributed by atoms with Crippen molar-refractivity contribution in [3.05, 3.63) is 60.2 Å². The maximum absolute atomic E-state index is 13.9. The lowest BCUT2D eigenvalue weighted by molar-refractivity contribution is -0.139. The lowest BCUT2D eigenvalue weighted by atomic mass is 10.3. The van der Waals surface area contributed by atoms with Gasteiger partial charge in [0.15, 0.2) is 6.10 Å². The second kappa shape index (κ2) is 8.24. The maximum Gasteiger partial charge on any atom is 0.263 e. The fourth-order valence-corrected chi connectivity index (χ4v) is 4.47. The number of ether oxygens (including phenoxy) is 1. The van der Waals surface area contributed by atoms with Gasteiger partial charge < -0.3 is 9.64 Å². The summed E-state index contributed by atoms with van der Waals surface area (Å²) in [6.07, 6.45) is -0.730. The van der Waals surface area contributed by atoms with Gasteiger partial charge in [-0.2, -0.15) is 4.31 Å². The molecule has 3 rings (SSSR count). The quantitative estimate of drug-likeness (QED) is 0.759. The van der Waals surface area contributed by atoms with E-state index < -0.39 is 32.7 Å². The first-order valence-corrected chi connectivity index (χ1v) is 10.2. The summed E-state index contributed by atoms with van der Waals surface area (Å²) in [4.78, 5) is 13.4. The zero-order valence-corrected chi connectivity index (χ0v) is 16.0. The fraction of sp³-hybridized carbons (Fsp3) is 0.316. The molecule has 0 aliphatic carbocycles. The Balaban J connectivity index is 1.63. The Morgan fingerprint density at radius 3 is 2.32 bits per heavy atom. The van der Waals surface area contributed by atoms with Crippen LogP contribution in [0.15, 0.2) is 53.4 Å². The zero-order chi connectivity index (χ0) is 20.3. The van der Waals surface area contributed by atoms with Crippen molar-refractivity contribution in [1.29, 1.82) is 0 Å². The van der Waals surface area contributed by atoms with E-state index >= 15 is 0 Å². The SMILES string of the molecule is CC(Oc1ccccc1)C(=O)N1CCN(S(=O)(=O)c2cc(F)ccc2F)CC1. The van der Waals surface area contributed by atoms with E-state index in [1.165, 1.54) is 4.90 Å². The van der Waals surface area contributed by atoms with E-state index in [4.69, 9.17) is 4.74 Å². The summed E-state index contributed by atoms with van der Waals surface area (Å²) >= 11 is 0. The van der Waals surface area contributed by atoms with E-state index in [-0.39, 0.29) is 32.1 Å². The highest BCUT2D eigenvalue weighted by atomic mass is 32.2. The molecule has 1 atom stereocenters. The molecule has 6 nitrogen and oxygen atoms in total. The number of hydrogen-bond donors (Lipinski definition) is 0. The number of benzene rings is 2. The van der Waals surface area contributed by atoms with Gasteiger partial charge >= 0.3 is 0 Å². The molecule has 0 N–H and O–H groups in total. The van der Waals surface area contributed by atoms with Crippen LogP contribution in [0.4, 0.5) is 8.78 Å². The van der Waals surface area contributed by atoms with Gasteiger partial charge in [0.2, 0.25) is 10.0 Å². The fourth-order valence-electron chi connectivity index (χ4n) is 2.97. The average molecular weight is 410 g/mol. The van der Waals surface area contributed by atoms with E-state index in [0.717, 1.165) is 16.4 Å². The second-order valence-corrected chi connectivity index (χ2v) is 8.28. The second-order valence-electron chi connectivity index (χ2n) is 6.38. The van der Waals surface area contributed by atoms with Crippen LogP contribution in [0.5, 0.6) is 5.75 Å². The minimum absolute atomic E-state index is 0.0118. The van der Waals surface area contributed by atoms with Crippen LogP contribution in [0.25, 0.3) is 0 Å². The molecule has 0 saturated carbocycles. The predicted molar refractivity (Wildman–Crippen MR) is 98.2 cm³/mol. The lowest BCUT2D eigenvalue weighted by Gasteiger charge is -2.35. The van der Waals surface area contributed by atoms with Gasteiger partial charge in [-0.25, -0.2) is 17.2 Å². The van der Waals surface area contributed by atoms with E-state index in [9.17, 15) is 22.0 Å². The van der Waals surface area contributed by atoms with Crippen molar-refractivity contribution < 1.29 is 26.7 Å². The van der Waals surface area contributed by atoms with Gasteiger partial charge in [-0.3, -0.25) is 4.79 Å². The Labute approximate surface area is 162 Å². The van der Waals surface area contributed by atoms with Gasteiger partial charge in [0.25, 0.3) is 5.91 Å². The van der Waals surface area contributed by atoms with Crippen molar-refractivity contribution in [1.82, 2.24) is 9.21 Å². The number of carbonyl (C=O) groups excluding carboxylic acids is 1. The molecule has 1 unspecified atom stereocenters. The van der Waals surface area contributed by atoms with Gasteiger partial charge in [-0.1, -0.05) is 18.2 Å². The summed E-state index contributed by atoms with van der Waals surface area (Å²) in [6, 6.07) is 11.2. The van der Waals surface area contributed by atoms with Crippen LogP contribution in [0, 0.1) is 11.6 Å². The normalized spacial score (nSPS) is 16.6. The summed E-state index contributed by atoms with van der Waals surface area (Å²) in [7, 11) is -4.18. The molecule has 0 spiro atoms. The van der Waals surface area contributed by atoms with Crippen molar-refractivity contribution in [3.8, 4) is 5.75 Å². The van der Waals surface area contributed by atoms with E-state index in [2.05, 4.69) is 0 Å². The molecule has 1 saturated heterocycles. The number of halogens is 2. The van der Waals surface area contributed by atoms with Crippen LogP contribution < -0.4 is 4.74 Å². The maximum atomic E-state index is 13.9. The van der Waals surface area contributed by atoms with Crippen molar-refractivity contribution in [2.24, 2.45) is 0 Å². The number of hydrogen-bond acceptors (Lipinski definition) is 4. The smallest absolute Gasteiger partial charge is 0.263 e. The largest absolute Gasteiger partial charge is 0.481 e. The Morgan fingerprint density at radius 1 is 1.04 bits per heavy atom. The molecule has 0 bridgehead atoms. The third-order valence-corrected chi connectivity index (χ3v) is 6.38. The Kier molecular flexibility index (Phi) is 5.95. The number of nitrogens with zero attached hydrogens (tertiary/aromatic N) is 2. The van der Waals surface area contributed by atoms with Gasteiger partial charge in [-0.05, 0) is 37.3 Å². The molecule has 28 heavy (non-hydrogen) atoms. The van der Waals surface area contributed by atoms with Crippen molar-refractivity contribution in [3.63, 3.8) is 0 Å². The predicted octanol–water partition coefficient (Wildman–Crippen LogP) is 2.27. The number of para-hydroxylation sites is 1. The minimum atomic E-state index is -4.18. The van der Waals surface area contributed by atoms with Gasteiger partial charge in [0.05, 0.1) is 0 Å². The molecule has 1 aliphatic rings. The molecule has 9 heteroatoms. The molecular formula is C19H20F2N2O4S. The molecule has 2 aromatic rings. The summed E-state index contributed by atoms with van der Waals surface area (Å²) < 4.78 is 59.1. The zero-order valence-electron chi connectivity index (χ0n) is 15.2. The monoisotopic (exact) mass is 410 g/mol. The number of piperazine rings is 1. The van der Waals surface area contributed by atoms with Crippen LogP contribution in [-0.2, 0) is 14.8 Å². The van der Waals surface area contributed by atoms with Crippen LogP contribution in [-0.4, -0.2) is 55.8 Å². The van der Waals surface area contributed by atoms with Gasteiger partial charge in [-0.15, -0.1) is 0 Å². The Morgan fingerprint density at radius 2 is 1.68 bits per heavy atom. The molecule has 0 aromatic heterocycles. The third-order valence-electron chi connectivity index (χ3n) is 4.47. The molecule has 1 fully saturated rings. The molecule has 150 valence electrons. The first-order valence-electron chi connectivity index (χ1n) is 8.75. The highest BCUT2D eigenvalue weighted by Gasteiger charge is 2.33. The summed E-state index contributed by atoms with van der Waals surface area (Å²) in [6.45, 7) is 1.87. The minimum Gasteiger partial charge on any atom is -0.481 e. The Hall–Kier alpha value is -2.52. The molecular weight excluding hydrogens is 390 g/mol. The molecule has 1 aliphatic heterocycles. The van der Waals surface area contributed by atoms with Crippen LogP contribution in [0.1, 0.15) is 6.92 Å². The molecule has 1 heterocycles. The Bertz CT molecular complexity index is 946. The highest BCUT2D eigenvalue weighted by molar-refractivity contribution is 7.89. The summed E-state index contributed by atoms with van der Waals surface area (Å²) in [5, 5.41) is 0. The van der Waals surface area contributed by atoms with Crippen molar-refractivity contribution in [2.75, 3.05) is 26.2 Å². The van der Waals surface area contributed by atoms with Crippen LogP contribution >= 0.6 is 0 Å². The third kappa shape index (κ3) is 4.31. The number of amides is 1. The topological polar surface area (TPSA) is 66.9 Å². The summed E-state index contributed by atoms with van der Waals surface area (Å²) in [5.41, 5.74) is 0. The van der Waals surface area contributed by atoms with E-state index in [0.29, 0.717) is 11.8 Å². The first-order chi connectivity index (χ1) is 13.3. The van der Waals surface area contributed by atoms with E-state index in [1.807, 2.05) is 6.07 Å². The number of carbonyl (C=O) groups is 1. The lowest BCUT2D eigenvalue weighted by Crippen LogP contribution is -2.53. The molecule has 1 amide bonds. The van der Waals surface area contributed by atoms with Crippen LogP contribution in [0.2, 0.25) is 0 Å². The van der Waals surface area contributed by atoms with Crippen LogP contribution in [0.3, 0.4) is 0 Å². The number of rotatable bonds is 5. The summed E-state index contributed by atoms with van der Waals surface area (Å²) in [5.74, 6) is -1.55. The van der Waals surface area contributed by atoms with Crippen molar-refractivity contribution in [2.45, 2.75) is 17.9 Å². The van der Waals surface area contributed by atoms with Gasteiger partial charge in [0, 0.05) is 26.2 Å². The first kappa shape index (κ1) is 20.2. The van der Waals surface area contributed by atoms with Crippen molar-refractivity contribution >= 4 is 15.9 Å².